The number of ether oxygens (including phenoxy) is 1. The molecular formula is C15H18N2O2. The Balaban J connectivity index is 1.74. The number of carbonyl (C=O) groups excluding carboxylic acids is 1. The van der Waals surface area contributed by atoms with Gasteiger partial charge in [-0.3, -0.25) is 10.2 Å². The highest BCUT2D eigenvalue weighted by atomic mass is 16.6. The van der Waals surface area contributed by atoms with Gasteiger partial charge < -0.3 is 10.5 Å². The number of esters is 1. The van der Waals surface area contributed by atoms with Gasteiger partial charge in [-0.2, -0.15) is 0 Å². The second-order valence-electron chi connectivity index (χ2n) is 5.49. The fourth-order valence-corrected chi connectivity index (χ4v) is 3.28. The first-order valence-corrected chi connectivity index (χ1v) is 6.79. The van der Waals surface area contributed by atoms with E-state index in [2.05, 4.69) is 0 Å². The van der Waals surface area contributed by atoms with Crippen LogP contribution in [0.2, 0.25) is 0 Å². The van der Waals surface area contributed by atoms with Crippen molar-refractivity contribution >= 4 is 11.8 Å². The quantitative estimate of drug-likeness (QED) is 0.493. The Morgan fingerprint density at radius 1 is 1.32 bits per heavy atom. The number of fused-ring (bicyclic) bond motifs is 1. The van der Waals surface area contributed by atoms with Gasteiger partial charge in [-0.05, 0) is 31.2 Å². The van der Waals surface area contributed by atoms with Gasteiger partial charge in [-0.15, -0.1) is 0 Å². The van der Waals surface area contributed by atoms with Gasteiger partial charge in [0.15, 0.2) is 0 Å². The molecule has 19 heavy (non-hydrogen) atoms. The molecule has 100 valence electrons. The van der Waals surface area contributed by atoms with Crippen LogP contribution in [0.25, 0.3) is 0 Å². The molecule has 1 saturated heterocycles. The Morgan fingerprint density at radius 3 is 2.74 bits per heavy atom. The van der Waals surface area contributed by atoms with E-state index in [0.717, 1.165) is 30.4 Å². The summed E-state index contributed by atoms with van der Waals surface area (Å²) in [6.07, 6.45) is 4.19. The molecule has 0 spiro atoms. The number of hydrogen-bond donors (Lipinski definition) is 2. The lowest BCUT2D eigenvalue weighted by Gasteiger charge is -2.13. The minimum Gasteiger partial charge on any atom is -0.462 e. The number of nitrogens with one attached hydrogen (secondary N) is 1. The maximum Gasteiger partial charge on any atom is 0.309 e. The van der Waals surface area contributed by atoms with Crippen LogP contribution < -0.4 is 5.73 Å². The Kier molecular flexibility index (Phi) is 3.01. The van der Waals surface area contributed by atoms with E-state index in [1.54, 1.807) is 0 Å². The third kappa shape index (κ3) is 2.23. The molecule has 1 aliphatic heterocycles. The van der Waals surface area contributed by atoms with Crippen molar-refractivity contribution in [1.82, 2.24) is 0 Å². The van der Waals surface area contributed by atoms with Crippen LogP contribution in [0.4, 0.5) is 0 Å². The summed E-state index contributed by atoms with van der Waals surface area (Å²) in [5, 5.41) is 7.36. The minimum atomic E-state index is -0.0367. The van der Waals surface area contributed by atoms with Crippen molar-refractivity contribution in [3.63, 3.8) is 0 Å². The summed E-state index contributed by atoms with van der Waals surface area (Å²) in [5.74, 6) is 0.448. The van der Waals surface area contributed by atoms with Crippen LogP contribution in [0.3, 0.4) is 0 Å². The summed E-state index contributed by atoms with van der Waals surface area (Å²) in [6.45, 7) is 0. The van der Waals surface area contributed by atoms with Crippen molar-refractivity contribution in [3.8, 4) is 0 Å². The first-order valence-electron chi connectivity index (χ1n) is 6.79. The van der Waals surface area contributed by atoms with Crippen LogP contribution in [0.5, 0.6) is 0 Å². The normalized spacial score (nSPS) is 29.1. The molecule has 2 fully saturated rings. The van der Waals surface area contributed by atoms with Gasteiger partial charge in [0, 0.05) is 11.5 Å². The van der Waals surface area contributed by atoms with E-state index < -0.39 is 0 Å². The van der Waals surface area contributed by atoms with Crippen LogP contribution in [-0.4, -0.2) is 17.9 Å². The summed E-state index contributed by atoms with van der Waals surface area (Å²) in [5.41, 5.74) is 7.26. The first kappa shape index (κ1) is 12.2. The molecule has 1 aromatic rings. The Labute approximate surface area is 112 Å². The average molecular weight is 258 g/mol. The molecule has 1 saturated carbocycles. The maximum absolute atomic E-state index is 11.9. The third-order valence-corrected chi connectivity index (χ3v) is 4.31. The molecule has 0 amide bonds. The van der Waals surface area contributed by atoms with Crippen molar-refractivity contribution in [1.29, 1.82) is 5.41 Å². The van der Waals surface area contributed by atoms with E-state index in [0.29, 0.717) is 5.92 Å². The SMILES string of the molecule is N=C(N)c1ccc(C[C@H]2C(=O)O[C@H]3CCC[C@@H]32)cc1. The van der Waals surface area contributed by atoms with E-state index in [4.69, 9.17) is 15.9 Å². The molecule has 3 N–H and O–H groups in total. The van der Waals surface area contributed by atoms with Crippen LogP contribution in [0.15, 0.2) is 24.3 Å². The number of carbonyl (C=O) groups is 1. The van der Waals surface area contributed by atoms with E-state index in [9.17, 15) is 4.79 Å². The van der Waals surface area contributed by atoms with Gasteiger partial charge in [0.1, 0.15) is 11.9 Å². The van der Waals surface area contributed by atoms with E-state index in [-0.39, 0.29) is 23.8 Å². The van der Waals surface area contributed by atoms with Gasteiger partial charge >= 0.3 is 5.97 Å². The molecule has 2 aliphatic rings. The number of hydrogen-bond acceptors (Lipinski definition) is 3. The Hall–Kier alpha value is -1.84. The first-order chi connectivity index (χ1) is 9.15. The summed E-state index contributed by atoms with van der Waals surface area (Å²) in [7, 11) is 0. The number of nitrogens with two attached hydrogens (primary N) is 1. The predicted octanol–water partition coefficient (Wildman–Crippen LogP) is 1.85. The molecule has 1 aromatic carbocycles. The van der Waals surface area contributed by atoms with Crippen LogP contribution >= 0.6 is 0 Å². The highest BCUT2D eigenvalue weighted by Crippen LogP contribution is 2.41. The standard InChI is InChI=1S/C15H18N2O2/c16-14(17)10-6-4-9(5-7-10)8-12-11-2-1-3-13(11)19-15(12)18/h4-7,11-13H,1-3,8H2,(H3,16,17)/t11-,12-,13+/m1/s1. The monoisotopic (exact) mass is 258 g/mol. The highest BCUT2D eigenvalue weighted by Gasteiger charge is 2.46. The zero-order chi connectivity index (χ0) is 13.4. The van der Waals surface area contributed by atoms with Gasteiger partial charge in [-0.1, -0.05) is 24.3 Å². The van der Waals surface area contributed by atoms with Crippen molar-refractivity contribution in [2.75, 3.05) is 0 Å². The number of rotatable bonds is 3. The Morgan fingerprint density at radius 2 is 2.05 bits per heavy atom. The zero-order valence-corrected chi connectivity index (χ0v) is 10.8. The summed E-state index contributed by atoms with van der Waals surface area (Å²) in [4.78, 5) is 11.9. The van der Waals surface area contributed by atoms with Crippen LogP contribution in [0.1, 0.15) is 30.4 Å². The fraction of sp³-hybridized carbons (Fsp3) is 0.467. The second-order valence-corrected chi connectivity index (χ2v) is 5.49. The zero-order valence-electron chi connectivity index (χ0n) is 10.8. The fourth-order valence-electron chi connectivity index (χ4n) is 3.28. The molecule has 4 heteroatoms. The van der Waals surface area contributed by atoms with Gasteiger partial charge in [0.05, 0.1) is 5.92 Å². The third-order valence-electron chi connectivity index (χ3n) is 4.31. The lowest BCUT2D eigenvalue weighted by molar-refractivity contribution is -0.144. The van der Waals surface area contributed by atoms with E-state index >= 15 is 0 Å². The molecule has 3 atom stereocenters. The molecule has 0 bridgehead atoms. The molecular weight excluding hydrogens is 240 g/mol. The maximum atomic E-state index is 11.9. The van der Waals surface area contributed by atoms with Gasteiger partial charge in [0.2, 0.25) is 0 Å². The molecule has 4 nitrogen and oxygen atoms in total. The van der Waals surface area contributed by atoms with Crippen LogP contribution in [-0.2, 0) is 16.0 Å². The van der Waals surface area contributed by atoms with E-state index in [1.165, 1.54) is 6.42 Å². The van der Waals surface area contributed by atoms with Crippen molar-refractivity contribution in [3.05, 3.63) is 35.4 Å². The lowest BCUT2D eigenvalue weighted by atomic mass is 9.86. The van der Waals surface area contributed by atoms with E-state index in [1.807, 2.05) is 24.3 Å². The molecule has 1 heterocycles. The van der Waals surface area contributed by atoms with Gasteiger partial charge in [-0.25, -0.2) is 0 Å². The summed E-state index contributed by atoms with van der Waals surface area (Å²) >= 11 is 0. The smallest absolute Gasteiger partial charge is 0.309 e. The average Bonchev–Trinajstić information content (AvgIpc) is 2.94. The minimum absolute atomic E-state index is 0.00989. The highest BCUT2D eigenvalue weighted by molar-refractivity contribution is 5.94. The topological polar surface area (TPSA) is 76.2 Å². The van der Waals surface area contributed by atoms with Crippen molar-refractivity contribution < 1.29 is 9.53 Å². The number of amidine groups is 1. The van der Waals surface area contributed by atoms with Crippen molar-refractivity contribution in [2.24, 2.45) is 17.6 Å². The molecule has 3 rings (SSSR count). The summed E-state index contributed by atoms with van der Waals surface area (Å²) < 4.78 is 5.44. The lowest BCUT2D eigenvalue weighted by Crippen LogP contribution is -2.19. The Bertz CT molecular complexity index is 509. The number of nitrogen functional groups attached to an aromatic ring is 1. The number of benzene rings is 1. The summed E-state index contributed by atoms with van der Waals surface area (Å²) in [6, 6.07) is 7.58. The molecule has 1 aliphatic carbocycles. The molecule has 0 unspecified atom stereocenters. The second kappa shape index (κ2) is 4.68. The van der Waals surface area contributed by atoms with Crippen LogP contribution in [0, 0.1) is 17.2 Å². The molecule has 0 radical (unpaired) electrons. The predicted molar refractivity (Wildman–Crippen MR) is 71.9 cm³/mol. The van der Waals surface area contributed by atoms with Gasteiger partial charge in [0.25, 0.3) is 0 Å². The van der Waals surface area contributed by atoms with Crippen molar-refractivity contribution in [2.45, 2.75) is 31.8 Å². The largest absolute Gasteiger partial charge is 0.462 e. The molecule has 0 aromatic heterocycles.